The number of rotatable bonds is 6. The lowest BCUT2D eigenvalue weighted by Gasteiger charge is -2.09. The molecule has 0 amide bonds. The molecular weight excluding hydrogens is 286 g/mol. The van der Waals surface area contributed by atoms with Gasteiger partial charge in [0.25, 0.3) is 5.56 Å². The molecule has 2 heterocycles. The van der Waals surface area contributed by atoms with Crippen molar-refractivity contribution in [2.75, 3.05) is 6.54 Å². The molecule has 0 aliphatic carbocycles. The molecule has 0 fully saturated rings. The van der Waals surface area contributed by atoms with Crippen molar-refractivity contribution in [1.29, 1.82) is 0 Å². The van der Waals surface area contributed by atoms with E-state index in [1.807, 2.05) is 18.7 Å². The third-order valence-corrected chi connectivity index (χ3v) is 4.09. The van der Waals surface area contributed by atoms with E-state index in [1.165, 1.54) is 24.0 Å². The van der Waals surface area contributed by atoms with Crippen LogP contribution in [0.15, 0.2) is 27.2 Å². The first kappa shape index (κ1) is 15.8. The molecule has 0 spiro atoms. The molecule has 114 valence electrons. The standard InChI is InChI=1S/C14H21N5OS/c1-9(2)7-15-8-11-10(3)18-19(4)13(11)21-14-16-6-5-12(20)17-14/h5-6,9,15H,7-8H2,1-4H3,(H,16,17,20). The van der Waals surface area contributed by atoms with Crippen LogP contribution in [0.25, 0.3) is 0 Å². The summed E-state index contributed by atoms with van der Waals surface area (Å²) in [6.45, 7) is 8.07. The van der Waals surface area contributed by atoms with E-state index >= 15 is 0 Å². The molecule has 2 N–H and O–H groups in total. The number of aromatic amines is 1. The van der Waals surface area contributed by atoms with E-state index in [4.69, 9.17) is 0 Å². The molecule has 0 unspecified atom stereocenters. The van der Waals surface area contributed by atoms with Crippen molar-refractivity contribution in [2.24, 2.45) is 13.0 Å². The number of hydrogen-bond donors (Lipinski definition) is 2. The smallest absolute Gasteiger partial charge is 0.251 e. The summed E-state index contributed by atoms with van der Waals surface area (Å²) >= 11 is 1.43. The van der Waals surface area contributed by atoms with Crippen molar-refractivity contribution in [3.05, 3.63) is 33.9 Å². The van der Waals surface area contributed by atoms with E-state index in [0.29, 0.717) is 11.1 Å². The lowest BCUT2D eigenvalue weighted by molar-refractivity contribution is 0.548. The summed E-state index contributed by atoms with van der Waals surface area (Å²) in [6, 6.07) is 1.41. The molecule has 2 aromatic heterocycles. The number of aryl methyl sites for hydroxylation is 2. The quantitative estimate of drug-likeness (QED) is 0.795. The topological polar surface area (TPSA) is 75.6 Å². The van der Waals surface area contributed by atoms with Gasteiger partial charge in [-0.2, -0.15) is 5.10 Å². The number of aromatic nitrogens is 4. The molecule has 7 heteroatoms. The minimum atomic E-state index is -0.147. The van der Waals surface area contributed by atoms with Gasteiger partial charge in [0.15, 0.2) is 5.16 Å². The third kappa shape index (κ3) is 4.18. The van der Waals surface area contributed by atoms with Crippen LogP contribution in [0.5, 0.6) is 0 Å². The monoisotopic (exact) mass is 307 g/mol. The van der Waals surface area contributed by atoms with Gasteiger partial charge in [-0.25, -0.2) is 4.98 Å². The van der Waals surface area contributed by atoms with Crippen molar-refractivity contribution in [3.8, 4) is 0 Å². The van der Waals surface area contributed by atoms with E-state index in [-0.39, 0.29) is 5.56 Å². The molecule has 2 rings (SSSR count). The van der Waals surface area contributed by atoms with Gasteiger partial charge in [0.1, 0.15) is 5.03 Å². The number of H-pyrrole nitrogens is 1. The fourth-order valence-corrected chi connectivity index (χ4v) is 2.96. The Kier molecular flexibility index (Phi) is 5.19. The molecule has 0 saturated carbocycles. The van der Waals surface area contributed by atoms with Gasteiger partial charge in [0.2, 0.25) is 0 Å². The van der Waals surface area contributed by atoms with Gasteiger partial charge in [-0.05, 0) is 31.1 Å². The fraction of sp³-hybridized carbons (Fsp3) is 0.500. The summed E-state index contributed by atoms with van der Waals surface area (Å²) < 4.78 is 1.83. The first-order valence-corrected chi connectivity index (χ1v) is 7.75. The summed E-state index contributed by atoms with van der Waals surface area (Å²) in [4.78, 5) is 18.3. The van der Waals surface area contributed by atoms with E-state index in [2.05, 4.69) is 34.2 Å². The van der Waals surface area contributed by atoms with Gasteiger partial charge < -0.3 is 10.3 Å². The number of hydrogen-bond acceptors (Lipinski definition) is 5. The molecular formula is C14H21N5OS. The van der Waals surface area contributed by atoms with E-state index in [9.17, 15) is 4.79 Å². The van der Waals surface area contributed by atoms with Crippen molar-refractivity contribution in [3.63, 3.8) is 0 Å². The largest absolute Gasteiger partial charge is 0.312 e. The Hall–Kier alpha value is -1.60. The summed E-state index contributed by atoms with van der Waals surface area (Å²) in [5.74, 6) is 0.602. The molecule has 0 bridgehead atoms. The van der Waals surface area contributed by atoms with Crippen LogP contribution in [0.3, 0.4) is 0 Å². The Labute approximate surface area is 128 Å². The minimum absolute atomic E-state index is 0.147. The zero-order valence-corrected chi connectivity index (χ0v) is 13.6. The minimum Gasteiger partial charge on any atom is -0.312 e. The van der Waals surface area contributed by atoms with Crippen LogP contribution >= 0.6 is 11.8 Å². The van der Waals surface area contributed by atoms with Crippen molar-refractivity contribution in [2.45, 2.75) is 37.5 Å². The molecule has 0 aromatic carbocycles. The van der Waals surface area contributed by atoms with Gasteiger partial charge in [0, 0.05) is 31.4 Å². The molecule has 0 saturated heterocycles. The van der Waals surface area contributed by atoms with E-state index in [0.717, 1.165) is 29.4 Å². The molecule has 2 aromatic rings. The van der Waals surface area contributed by atoms with Crippen molar-refractivity contribution >= 4 is 11.8 Å². The highest BCUT2D eigenvalue weighted by Gasteiger charge is 2.15. The maximum atomic E-state index is 11.4. The molecule has 21 heavy (non-hydrogen) atoms. The van der Waals surface area contributed by atoms with Gasteiger partial charge in [-0.15, -0.1) is 0 Å². The zero-order valence-electron chi connectivity index (χ0n) is 12.8. The number of nitrogens with one attached hydrogen (secondary N) is 2. The van der Waals surface area contributed by atoms with E-state index in [1.54, 1.807) is 0 Å². The zero-order chi connectivity index (χ0) is 15.4. The normalized spacial score (nSPS) is 11.3. The van der Waals surface area contributed by atoms with Crippen LogP contribution in [0.2, 0.25) is 0 Å². The van der Waals surface area contributed by atoms with Crippen LogP contribution in [-0.4, -0.2) is 26.3 Å². The second-order valence-electron chi connectivity index (χ2n) is 5.36. The second-order valence-corrected chi connectivity index (χ2v) is 6.34. The van der Waals surface area contributed by atoms with E-state index < -0.39 is 0 Å². The van der Waals surface area contributed by atoms with Crippen molar-refractivity contribution < 1.29 is 0 Å². The predicted octanol–water partition coefficient (Wildman–Crippen LogP) is 1.71. The fourth-order valence-electron chi connectivity index (χ4n) is 1.99. The molecule has 0 aliphatic rings. The molecule has 0 atom stereocenters. The third-order valence-electron chi connectivity index (χ3n) is 2.98. The van der Waals surface area contributed by atoms with Crippen molar-refractivity contribution in [1.82, 2.24) is 25.1 Å². The van der Waals surface area contributed by atoms with Gasteiger partial charge in [-0.3, -0.25) is 9.48 Å². The molecule has 0 radical (unpaired) electrons. The van der Waals surface area contributed by atoms with Gasteiger partial charge in [0.05, 0.1) is 5.69 Å². The van der Waals surface area contributed by atoms with Gasteiger partial charge in [-0.1, -0.05) is 13.8 Å². The SMILES string of the molecule is Cc1nn(C)c(Sc2nccc(=O)[nH]2)c1CNCC(C)C. The van der Waals surface area contributed by atoms with Gasteiger partial charge >= 0.3 is 0 Å². The maximum Gasteiger partial charge on any atom is 0.251 e. The Morgan fingerprint density at radius 2 is 2.24 bits per heavy atom. The predicted molar refractivity (Wildman–Crippen MR) is 83.5 cm³/mol. The second kappa shape index (κ2) is 6.91. The number of nitrogens with zero attached hydrogens (tertiary/aromatic N) is 3. The highest BCUT2D eigenvalue weighted by atomic mass is 32.2. The Morgan fingerprint density at radius 3 is 2.90 bits per heavy atom. The Bertz CT molecular complexity index is 662. The van der Waals surface area contributed by atoms with Crippen LogP contribution < -0.4 is 10.9 Å². The first-order chi connectivity index (χ1) is 9.97. The summed E-state index contributed by atoms with van der Waals surface area (Å²) in [5.41, 5.74) is 2.00. The van der Waals surface area contributed by atoms with Crippen LogP contribution in [0, 0.1) is 12.8 Å². The Morgan fingerprint density at radius 1 is 1.48 bits per heavy atom. The lowest BCUT2D eigenvalue weighted by Crippen LogP contribution is -2.19. The summed E-state index contributed by atoms with van der Waals surface area (Å²) in [6.07, 6.45) is 1.51. The van der Waals surface area contributed by atoms with Crippen LogP contribution in [0.4, 0.5) is 0 Å². The van der Waals surface area contributed by atoms with Crippen LogP contribution in [-0.2, 0) is 13.6 Å². The maximum absolute atomic E-state index is 11.4. The highest BCUT2D eigenvalue weighted by Crippen LogP contribution is 2.28. The van der Waals surface area contributed by atoms with Crippen LogP contribution in [0.1, 0.15) is 25.1 Å². The average molecular weight is 307 g/mol. The molecule has 6 nitrogen and oxygen atoms in total. The first-order valence-electron chi connectivity index (χ1n) is 6.93. The molecule has 0 aliphatic heterocycles. The summed E-state index contributed by atoms with van der Waals surface area (Å²) in [7, 11) is 1.91. The Balaban J connectivity index is 2.20. The summed E-state index contributed by atoms with van der Waals surface area (Å²) in [5, 5.41) is 9.47. The average Bonchev–Trinajstić information content (AvgIpc) is 2.65. The highest BCUT2D eigenvalue weighted by molar-refractivity contribution is 7.99. The lowest BCUT2D eigenvalue weighted by atomic mass is 10.2.